The average Bonchev–Trinajstić information content (AvgIpc) is 2.46. The minimum Gasteiger partial charge on any atom is -0.478 e. The van der Waals surface area contributed by atoms with Crippen molar-refractivity contribution >= 4 is 17.6 Å². The number of hydrogen-bond donors (Lipinski definition) is 1. The SMILES string of the molecule is CN(C)C(=O)c1cc(N2CCOCC2)c(C(=O)O)cn1. The van der Waals surface area contributed by atoms with Gasteiger partial charge in [-0.2, -0.15) is 0 Å². The predicted molar refractivity (Wildman–Crippen MR) is 72.2 cm³/mol. The normalized spacial score (nSPS) is 15.0. The Labute approximate surface area is 116 Å². The van der Waals surface area contributed by atoms with Crippen LogP contribution in [0.3, 0.4) is 0 Å². The van der Waals surface area contributed by atoms with E-state index in [4.69, 9.17) is 4.74 Å². The Hall–Kier alpha value is -2.15. The molecule has 0 aromatic carbocycles. The van der Waals surface area contributed by atoms with Crippen molar-refractivity contribution in [2.24, 2.45) is 0 Å². The molecule has 0 atom stereocenters. The van der Waals surface area contributed by atoms with Crippen molar-refractivity contribution in [1.82, 2.24) is 9.88 Å². The van der Waals surface area contributed by atoms with E-state index in [0.29, 0.717) is 32.0 Å². The Morgan fingerprint density at radius 1 is 1.35 bits per heavy atom. The number of rotatable bonds is 3. The molecule has 1 aliphatic rings. The zero-order valence-corrected chi connectivity index (χ0v) is 11.5. The van der Waals surface area contributed by atoms with Crippen LogP contribution in [-0.4, -0.2) is 67.3 Å². The van der Waals surface area contributed by atoms with E-state index in [0.717, 1.165) is 0 Å². The van der Waals surface area contributed by atoms with E-state index in [1.807, 2.05) is 4.90 Å². The van der Waals surface area contributed by atoms with Crippen molar-refractivity contribution in [3.8, 4) is 0 Å². The maximum Gasteiger partial charge on any atom is 0.339 e. The van der Waals surface area contributed by atoms with Crippen LogP contribution in [0.1, 0.15) is 20.8 Å². The Morgan fingerprint density at radius 3 is 2.55 bits per heavy atom. The van der Waals surface area contributed by atoms with Crippen molar-refractivity contribution < 1.29 is 19.4 Å². The second-order valence-electron chi connectivity index (χ2n) is 4.69. The first kappa shape index (κ1) is 14.3. The lowest BCUT2D eigenvalue weighted by Crippen LogP contribution is -2.37. The molecular formula is C13H17N3O4. The third kappa shape index (κ3) is 2.88. The number of anilines is 1. The van der Waals surface area contributed by atoms with Crippen LogP contribution in [-0.2, 0) is 4.74 Å². The molecule has 108 valence electrons. The number of ether oxygens (including phenoxy) is 1. The maximum atomic E-state index is 11.9. The zero-order valence-electron chi connectivity index (χ0n) is 11.5. The molecule has 7 nitrogen and oxygen atoms in total. The minimum absolute atomic E-state index is 0.0993. The number of carbonyl (C=O) groups excluding carboxylic acids is 1. The number of hydrogen-bond acceptors (Lipinski definition) is 5. The topological polar surface area (TPSA) is 83.0 Å². The Balaban J connectivity index is 2.41. The molecule has 20 heavy (non-hydrogen) atoms. The highest BCUT2D eigenvalue weighted by Crippen LogP contribution is 2.22. The molecule has 2 heterocycles. The van der Waals surface area contributed by atoms with Crippen LogP contribution in [0, 0.1) is 0 Å². The minimum atomic E-state index is -1.05. The van der Waals surface area contributed by atoms with E-state index >= 15 is 0 Å². The Bertz CT molecular complexity index is 524. The summed E-state index contributed by atoms with van der Waals surface area (Å²) in [5.74, 6) is -1.31. The molecule has 1 N–H and O–H groups in total. The first-order valence-electron chi connectivity index (χ1n) is 6.28. The summed E-state index contributed by atoms with van der Waals surface area (Å²) in [7, 11) is 3.26. The number of nitrogens with zero attached hydrogens (tertiary/aromatic N) is 3. The molecule has 1 amide bonds. The number of aromatic carboxylic acids is 1. The summed E-state index contributed by atoms with van der Waals surface area (Å²) < 4.78 is 5.26. The molecule has 0 bridgehead atoms. The molecule has 0 unspecified atom stereocenters. The summed E-state index contributed by atoms with van der Waals surface area (Å²) in [6, 6.07) is 1.54. The Kier molecular flexibility index (Phi) is 4.19. The van der Waals surface area contributed by atoms with Crippen molar-refractivity contribution in [2.75, 3.05) is 45.3 Å². The first-order valence-corrected chi connectivity index (χ1v) is 6.28. The van der Waals surface area contributed by atoms with Crippen molar-refractivity contribution in [3.05, 3.63) is 23.5 Å². The van der Waals surface area contributed by atoms with Gasteiger partial charge in [0.25, 0.3) is 5.91 Å². The van der Waals surface area contributed by atoms with Gasteiger partial charge in [0, 0.05) is 33.4 Å². The molecule has 7 heteroatoms. The second-order valence-corrected chi connectivity index (χ2v) is 4.69. The van der Waals surface area contributed by atoms with Gasteiger partial charge in [0.15, 0.2) is 0 Å². The zero-order chi connectivity index (χ0) is 14.7. The fraction of sp³-hybridized carbons (Fsp3) is 0.462. The Morgan fingerprint density at radius 2 is 2.00 bits per heavy atom. The summed E-state index contributed by atoms with van der Waals surface area (Å²) in [4.78, 5) is 30.5. The van der Waals surface area contributed by atoms with Crippen LogP contribution in [0.5, 0.6) is 0 Å². The molecule has 1 aromatic rings. The number of morpholine rings is 1. The summed E-state index contributed by atoms with van der Waals surface area (Å²) >= 11 is 0. The van der Waals surface area contributed by atoms with Crippen LogP contribution >= 0.6 is 0 Å². The lowest BCUT2D eigenvalue weighted by atomic mass is 10.1. The third-order valence-electron chi connectivity index (χ3n) is 3.09. The highest BCUT2D eigenvalue weighted by molar-refractivity contribution is 5.98. The highest BCUT2D eigenvalue weighted by atomic mass is 16.5. The van der Waals surface area contributed by atoms with Crippen LogP contribution in [0.4, 0.5) is 5.69 Å². The maximum absolute atomic E-state index is 11.9. The molecule has 1 fully saturated rings. The molecule has 1 aromatic heterocycles. The van der Waals surface area contributed by atoms with E-state index in [1.54, 1.807) is 14.1 Å². The third-order valence-corrected chi connectivity index (χ3v) is 3.09. The summed E-state index contributed by atoms with van der Waals surface area (Å²) in [6.45, 7) is 2.27. The number of pyridine rings is 1. The van der Waals surface area contributed by atoms with Crippen molar-refractivity contribution in [1.29, 1.82) is 0 Å². The molecule has 0 saturated carbocycles. The molecule has 2 rings (SSSR count). The number of carbonyl (C=O) groups is 2. The quantitative estimate of drug-likeness (QED) is 0.858. The van der Waals surface area contributed by atoms with Gasteiger partial charge in [0.2, 0.25) is 0 Å². The summed E-state index contributed by atoms with van der Waals surface area (Å²) in [5.41, 5.74) is 0.852. The monoisotopic (exact) mass is 279 g/mol. The largest absolute Gasteiger partial charge is 0.478 e. The molecular weight excluding hydrogens is 262 g/mol. The number of carboxylic acid groups (broad SMARTS) is 1. The predicted octanol–water partition coefficient (Wildman–Crippen LogP) is 0.318. The molecule has 0 spiro atoms. The van der Waals surface area contributed by atoms with E-state index in [9.17, 15) is 14.7 Å². The summed E-state index contributed by atoms with van der Waals surface area (Å²) in [5, 5.41) is 9.24. The smallest absolute Gasteiger partial charge is 0.339 e. The number of carboxylic acids is 1. The van der Waals surface area contributed by atoms with Crippen molar-refractivity contribution in [3.63, 3.8) is 0 Å². The first-order chi connectivity index (χ1) is 9.50. The van der Waals surface area contributed by atoms with Gasteiger partial charge in [-0.05, 0) is 6.07 Å². The second kappa shape index (κ2) is 5.87. The number of aromatic nitrogens is 1. The van der Waals surface area contributed by atoms with Crippen LogP contribution in [0.2, 0.25) is 0 Å². The van der Waals surface area contributed by atoms with Crippen LogP contribution < -0.4 is 4.90 Å². The van der Waals surface area contributed by atoms with Gasteiger partial charge in [-0.1, -0.05) is 0 Å². The van der Waals surface area contributed by atoms with E-state index in [-0.39, 0.29) is 17.2 Å². The van der Waals surface area contributed by atoms with Gasteiger partial charge in [0.05, 0.1) is 18.9 Å². The molecule has 1 saturated heterocycles. The van der Waals surface area contributed by atoms with E-state index in [1.165, 1.54) is 17.2 Å². The molecule has 1 aliphatic heterocycles. The van der Waals surface area contributed by atoms with Crippen molar-refractivity contribution in [2.45, 2.75) is 0 Å². The van der Waals surface area contributed by atoms with Gasteiger partial charge in [-0.3, -0.25) is 9.78 Å². The average molecular weight is 279 g/mol. The summed E-state index contributed by atoms with van der Waals surface area (Å²) in [6.07, 6.45) is 1.24. The van der Waals surface area contributed by atoms with Crippen LogP contribution in [0.25, 0.3) is 0 Å². The lowest BCUT2D eigenvalue weighted by molar-refractivity contribution is 0.0694. The standard InChI is InChI=1S/C13H17N3O4/c1-15(2)12(17)10-7-11(9(8-14-10)13(18)19)16-3-5-20-6-4-16/h7-8H,3-6H2,1-2H3,(H,18,19). The highest BCUT2D eigenvalue weighted by Gasteiger charge is 2.21. The fourth-order valence-corrected chi connectivity index (χ4v) is 2.02. The fourth-order valence-electron chi connectivity index (χ4n) is 2.02. The lowest BCUT2D eigenvalue weighted by Gasteiger charge is -2.30. The molecule has 0 aliphatic carbocycles. The van der Waals surface area contributed by atoms with Gasteiger partial charge in [0.1, 0.15) is 11.3 Å². The van der Waals surface area contributed by atoms with Crippen LogP contribution in [0.15, 0.2) is 12.3 Å². The number of amides is 1. The van der Waals surface area contributed by atoms with Gasteiger partial charge < -0.3 is 19.6 Å². The van der Waals surface area contributed by atoms with E-state index < -0.39 is 5.97 Å². The van der Waals surface area contributed by atoms with Gasteiger partial charge >= 0.3 is 5.97 Å². The van der Waals surface area contributed by atoms with Gasteiger partial charge in [-0.15, -0.1) is 0 Å². The van der Waals surface area contributed by atoms with E-state index in [2.05, 4.69) is 4.98 Å². The van der Waals surface area contributed by atoms with Gasteiger partial charge in [-0.25, -0.2) is 4.79 Å². The molecule has 0 radical (unpaired) electrons.